The number of halogens is 1. The van der Waals surface area contributed by atoms with Crippen LogP contribution in [0.1, 0.15) is 23.3 Å². The Labute approximate surface area is 155 Å². The fourth-order valence-electron chi connectivity index (χ4n) is 2.68. The Bertz CT molecular complexity index is 996. The third-order valence-electron chi connectivity index (χ3n) is 4.22. The Morgan fingerprint density at radius 1 is 1.00 bits per heavy atom. The van der Waals surface area contributed by atoms with Gasteiger partial charge < -0.3 is 10.6 Å². The molecule has 2 aromatic carbocycles. The molecule has 136 valence electrons. The molecule has 1 saturated carbocycles. The minimum absolute atomic E-state index is 0.0219. The molecule has 0 radical (unpaired) electrons. The highest BCUT2D eigenvalue weighted by atomic mass is 19.1. The fraction of sp³-hybridized carbons (Fsp3) is 0.150. The maximum Gasteiger partial charge on any atom is 0.276 e. The smallest absolute Gasteiger partial charge is 0.276 e. The van der Waals surface area contributed by atoms with Gasteiger partial charge in [0.2, 0.25) is 5.91 Å². The maximum atomic E-state index is 13.3. The van der Waals surface area contributed by atoms with Crippen molar-refractivity contribution in [3.8, 4) is 5.69 Å². The zero-order chi connectivity index (χ0) is 18.8. The Morgan fingerprint density at radius 3 is 2.48 bits per heavy atom. The number of benzene rings is 2. The summed E-state index contributed by atoms with van der Waals surface area (Å²) >= 11 is 0. The van der Waals surface area contributed by atoms with Crippen molar-refractivity contribution in [1.82, 2.24) is 9.78 Å². The van der Waals surface area contributed by atoms with Gasteiger partial charge in [-0.05, 0) is 43.2 Å². The SMILES string of the molecule is O=C(Nc1cccc(F)c1)c1cc(NC(=O)C2CC2)n(-c2ccccc2)n1. The van der Waals surface area contributed by atoms with Crippen LogP contribution in [0, 0.1) is 11.7 Å². The number of anilines is 2. The van der Waals surface area contributed by atoms with Crippen molar-refractivity contribution < 1.29 is 14.0 Å². The van der Waals surface area contributed by atoms with Gasteiger partial charge in [-0.15, -0.1) is 0 Å². The highest BCUT2D eigenvalue weighted by molar-refractivity contribution is 6.04. The maximum absolute atomic E-state index is 13.3. The summed E-state index contributed by atoms with van der Waals surface area (Å²) in [5.41, 5.74) is 1.17. The fourth-order valence-corrected chi connectivity index (χ4v) is 2.68. The number of carbonyl (C=O) groups is 2. The van der Waals surface area contributed by atoms with E-state index in [0.717, 1.165) is 12.8 Å². The van der Waals surface area contributed by atoms with E-state index >= 15 is 0 Å². The summed E-state index contributed by atoms with van der Waals surface area (Å²) in [6.45, 7) is 0. The van der Waals surface area contributed by atoms with Gasteiger partial charge >= 0.3 is 0 Å². The van der Waals surface area contributed by atoms with Gasteiger partial charge in [0, 0.05) is 17.7 Å². The number of rotatable bonds is 5. The van der Waals surface area contributed by atoms with Crippen molar-refractivity contribution in [2.45, 2.75) is 12.8 Å². The van der Waals surface area contributed by atoms with E-state index in [1.807, 2.05) is 30.3 Å². The molecule has 0 atom stereocenters. The highest BCUT2D eigenvalue weighted by Crippen LogP contribution is 2.30. The molecule has 1 aromatic heterocycles. The number of hydrogen-bond acceptors (Lipinski definition) is 3. The normalized spacial score (nSPS) is 13.2. The van der Waals surface area contributed by atoms with Crippen molar-refractivity contribution in [3.63, 3.8) is 0 Å². The number of para-hydroxylation sites is 1. The molecule has 6 nitrogen and oxygen atoms in total. The van der Waals surface area contributed by atoms with Crippen LogP contribution in [0.15, 0.2) is 60.7 Å². The second-order valence-corrected chi connectivity index (χ2v) is 6.39. The molecule has 2 amide bonds. The Hall–Kier alpha value is -3.48. The van der Waals surface area contributed by atoms with E-state index in [0.29, 0.717) is 17.2 Å². The van der Waals surface area contributed by atoms with Crippen LogP contribution in [-0.2, 0) is 4.79 Å². The van der Waals surface area contributed by atoms with Crippen LogP contribution in [0.2, 0.25) is 0 Å². The van der Waals surface area contributed by atoms with Crippen molar-refractivity contribution in [1.29, 1.82) is 0 Å². The van der Waals surface area contributed by atoms with Crippen LogP contribution in [0.5, 0.6) is 0 Å². The second kappa shape index (κ2) is 7.03. The van der Waals surface area contributed by atoms with E-state index in [2.05, 4.69) is 15.7 Å². The number of nitrogens with zero attached hydrogens (tertiary/aromatic N) is 2. The first-order valence-electron chi connectivity index (χ1n) is 8.63. The summed E-state index contributed by atoms with van der Waals surface area (Å²) < 4.78 is 14.8. The number of carbonyl (C=O) groups excluding carboxylic acids is 2. The van der Waals surface area contributed by atoms with E-state index in [1.54, 1.807) is 6.07 Å². The number of hydrogen-bond donors (Lipinski definition) is 2. The zero-order valence-electron chi connectivity index (χ0n) is 14.4. The third-order valence-corrected chi connectivity index (χ3v) is 4.22. The molecule has 1 aliphatic carbocycles. The largest absolute Gasteiger partial charge is 0.320 e. The van der Waals surface area contributed by atoms with E-state index in [9.17, 15) is 14.0 Å². The lowest BCUT2D eigenvalue weighted by atomic mass is 10.3. The van der Waals surface area contributed by atoms with Crippen LogP contribution in [0.25, 0.3) is 5.69 Å². The average Bonchev–Trinajstić information content (AvgIpc) is 3.43. The van der Waals surface area contributed by atoms with E-state index in [-0.39, 0.29) is 17.5 Å². The molecule has 0 bridgehead atoms. The first kappa shape index (κ1) is 17.0. The van der Waals surface area contributed by atoms with E-state index < -0.39 is 11.7 Å². The molecule has 27 heavy (non-hydrogen) atoms. The lowest BCUT2D eigenvalue weighted by Gasteiger charge is -2.08. The predicted octanol–water partition coefficient (Wildman–Crippen LogP) is 3.61. The predicted molar refractivity (Wildman–Crippen MR) is 99.3 cm³/mol. The average molecular weight is 364 g/mol. The molecule has 7 heteroatoms. The first-order valence-corrected chi connectivity index (χ1v) is 8.63. The molecule has 1 aliphatic rings. The Morgan fingerprint density at radius 2 is 1.78 bits per heavy atom. The van der Waals surface area contributed by atoms with Gasteiger partial charge in [-0.25, -0.2) is 9.07 Å². The molecular weight excluding hydrogens is 347 g/mol. The van der Waals surface area contributed by atoms with Gasteiger partial charge in [0.15, 0.2) is 5.69 Å². The summed E-state index contributed by atoms with van der Waals surface area (Å²) in [6, 6.07) is 16.3. The van der Waals surface area contributed by atoms with Crippen molar-refractivity contribution in [2.24, 2.45) is 5.92 Å². The van der Waals surface area contributed by atoms with Crippen molar-refractivity contribution >= 4 is 23.3 Å². The summed E-state index contributed by atoms with van der Waals surface area (Å²) in [4.78, 5) is 24.7. The van der Waals surface area contributed by atoms with Gasteiger partial charge in [-0.3, -0.25) is 9.59 Å². The summed E-state index contributed by atoms with van der Waals surface area (Å²) in [7, 11) is 0. The van der Waals surface area contributed by atoms with Crippen molar-refractivity contribution in [2.75, 3.05) is 10.6 Å². The lowest BCUT2D eigenvalue weighted by molar-refractivity contribution is -0.117. The number of aromatic nitrogens is 2. The van der Waals surface area contributed by atoms with Gasteiger partial charge in [0.25, 0.3) is 5.91 Å². The van der Waals surface area contributed by atoms with Gasteiger partial charge in [-0.2, -0.15) is 5.10 Å². The third kappa shape index (κ3) is 3.87. The van der Waals surface area contributed by atoms with Crippen LogP contribution in [0.3, 0.4) is 0 Å². The van der Waals surface area contributed by atoms with Crippen LogP contribution in [-0.4, -0.2) is 21.6 Å². The molecule has 1 heterocycles. The van der Waals surface area contributed by atoms with Crippen LogP contribution in [0.4, 0.5) is 15.9 Å². The summed E-state index contributed by atoms with van der Waals surface area (Å²) in [5, 5.41) is 9.78. The highest BCUT2D eigenvalue weighted by Gasteiger charge is 2.30. The van der Waals surface area contributed by atoms with E-state index in [4.69, 9.17) is 0 Å². The molecule has 0 aliphatic heterocycles. The molecular formula is C20H17FN4O2. The van der Waals surface area contributed by atoms with Gasteiger partial charge in [0.05, 0.1) is 5.69 Å². The molecule has 0 saturated heterocycles. The van der Waals surface area contributed by atoms with Crippen LogP contribution < -0.4 is 10.6 Å². The Balaban J connectivity index is 1.63. The summed E-state index contributed by atoms with van der Waals surface area (Å²) in [6.07, 6.45) is 1.75. The quantitative estimate of drug-likeness (QED) is 0.726. The molecule has 0 unspecified atom stereocenters. The zero-order valence-corrected chi connectivity index (χ0v) is 14.4. The molecule has 1 fully saturated rings. The van der Waals surface area contributed by atoms with Gasteiger partial charge in [-0.1, -0.05) is 24.3 Å². The molecule has 3 aromatic rings. The second-order valence-electron chi connectivity index (χ2n) is 6.39. The molecule has 2 N–H and O–H groups in total. The topological polar surface area (TPSA) is 76.0 Å². The minimum Gasteiger partial charge on any atom is -0.320 e. The monoisotopic (exact) mass is 364 g/mol. The van der Waals surface area contributed by atoms with Crippen LogP contribution >= 0.6 is 0 Å². The minimum atomic E-state index is -0.489. The number of nitrogens with one attached hydrogen (secondary N) is 2. The molecule has 4 rings (SSSR count). The Kier molecular flexibility index (Phi) is 4.42. The van der Waals surface area contributed by atoms with Gasteiger partial charge in [0.1, 0.15) is 11.6 Å². The molecule has 0 spiro atoms. The first-order chi connectivity index (χ1) is 13.1. The lowest BCUT2D eigenvalue weighted by Crippen LogP contribution is -2.16. The van der Waals surface area contributed by atoms with Crippen molar-refractivity contribution in [3.05, 3.63) is 72.2 Å². The standard InChI is InChI=1S/C20H17FN4O2/c21-14-5-4-6-15(11-14)22-20(27)17-12-18(23-19(26)13-9-10-13)25(24-17)16-7-2-1-3-8-16/h1-8,11-13H,9-10H2,(H,22,27)(H,23,26). The number of amides is 2. The summed E-state index contributed by atoms with van der Waals surface area (Å²) in [5.74, 6) is -0.572. The van der Waals surface area contributed by atoms with E-state index in [1.165, 1.54) is 28.9 Å².